The molecule has 9 heteroatoms. The van der Waals surface area contributed by atoms with Crippen LogP contribution in [0.5, 0.6) is 0 Å². The van der Waals surface area contributed by atoms with Gasteiger partial charge in [-0.05, 0) is 44.2 Å². The largest absolute Gasteiger partial charge is 0.321 e. The third-order valence-electron chi connectivity index (χ3n) is 3.64. The van der Waals surface area contributed by atoms with Gasteiger partial charge >= 0.3 is 0 Å². The number of rotatable bonds is 4. The van der Waals surface area contributed by atoms with Gasteiger partial charge in [0.2, 0.25) is 0 Å². The molecule has 2 aromatic heterocycles. The summed E-state index contributed by atoms with van der Waals surface area (Å²) in [6.45, 7) is 3.81. The fourth-order valence-electron chi connectivity index (χ4n) is 2.44. The van der Waals surface area contributed by atoms with Crippen molar-refractivity contribution in [1.29, 1.82) is 0 Å². The van der Waals surface area contributed by atoms with E-state index >= 15 is 0 Å². The van der Waals surface area contributed by atoms with Crippen LogP contribution in [0.4, 0.5) is 11.4 Å². The number of carbonyl (C=O) groups is 1. The number of nitro groups is 1. The molecule has 8 nitrogen and oxygen atoms in total. The lowest BCUT2D eigenvalue weighted by Gasteiger charge is -2.07. The van der Waals surface area contributed by atoms with Crippen LogP contribution in [-0.4, -0.2) is 25.6 Å². The number of anilines is 1. The first-order valence-corrected chi connectivity index (χ1v) is 7.98. The number of hydrogen-bond donors (Lipinski definition) is 1. The van der Waals surface area contributed by atoms with Gasteiger partial charge in [0.15, 0.2) is 5.82 Å². The average Bonchev–Trinajstić information content (AvgIpc) is 2.94. The van der Waals surface area contributed by atoms with Crippen LogP contribution in [0.2, 0.25) is 5.02 Å². The van der Waals surface area contributed by atoms with Crippen LogP contribution in [0.15, 0.2) is 42.6 Å². The molecule has 0 radical (unpaired) electrons. The van der Waals surface area contributed by atoms with E-state index in [0.717, 1.165) is 17.5 Å². The number of aryl methyl sites for hydroxylation is 2. The first-order valence-electron chi connectivity index (χ1n) is 7.60. The highest BCUT2D eigenvalue weighted by atomic mass is 35.5. The molecule has 1 amide bonds. The molecule has 0 atom stereocenters. The summed E-state index contributed by atoms with van der Waals surface area (Å²) in [5, 5.41) is 17.9. The lowest BCUT2D eigenvalue weighted by Crippen LogP contribution is -2.13. The summed E-state index contributed by atoms with van der Waals surface area (Å²) in [4.78, 5) is 26.9. The maximum absolute atomic E-state index is 12.3. The number of nitro benzene ring substituents is 1. The van der Waals surface area contributed by atoms with Crippen molar-refractivity contribution in [1.82, 2.24) is 14.8 Å². The molecule has 26 heavy (non-hydrogen) atoms. The number of aromatic nitrogens is 3. The van der Waals surface area contributed by atoms with Gasteiger partial charge in [0, 0.05) is 17.3 Å². The maximum Gasteiger partial charge on any atom is 0.288 e. The summed E-state index contributed by atoms with van der Waals surface area (Å²) in [6, 6.07) is 9.21. The van der Waals surface area contributed by atoms with E-state index in [2.05, 4.69) is 15.4 Å². The van der Waals surface area contributed by atoms with Crippen molar-refractivity contribution in [3.8, 4) is 5.82 Å². The summed E-state index contributed by atoms with van der Waals surface area (Å²) in [5.41, 5.74) is 2.09. The summed E-state index contributed by atoms with van der Waals surface area (Å²) in [7, 11) is 0. The summed E-state index contributed by atoms with van der Waals surface area (Å²) >= 11 is 5.75. The van der Waals surface area contributed by atoms with Crippen molar-refractivity contribution in [2.45, 2.75) is 13.8 Å². The minimum absolute atomic E-state index is 0.0255. The SMILES string of the molecule is Cc1cc(C)n(-c2ccc(NC(=O)c3ccc(Cl)c([N+](=O)[O-])c3)cn2)n1. The number of nitrogens with one attached hydrogen (secondary N) is 1. The van der Waals surface area contributed by atoms with Crippen molar-refractivity contribution < 1.29 is 9.72 Å². The lowest BCUT2D eigenvalue weighted by molar-refractivity contribution is -0.384. The van der Waals surface area contributed by atoms with Gasteiger partial charge < -0.3 is 5.32 Å². The van der Waals surface area contributed by atoms with E-state index in [1.54, 1.807) is 16.8 Å². The second-order valence-electron chi connectivity index (χ2n) is 5.62. The van der Waals surface area contributed by atoms with Crippen LogP contribution >= 0.6 is 11.6 Å². The fraction of sp³-hybridized carbons (Fsp3) is 0.118. The third-order valence-corrected chi connectivity index (χ3v) is 3.96. The molecular formula is C17H14ClN5O3. The molecule has 0 saturated heterocycles. The third kappa shape index (κ3) is 3.55. The van der Waals surface area contributed by atoms with Gasteiger partial charge in [-0.1, -0.05) is 11.6 Å². The Balaban J connectivity index is 1.79. The second kappa shape index (κ2) is 6.93. The zero-order valence-corrected chi connectivity index (χ0v) is 14.7. The molecule has 0 saturated carbocycles. The Morgan fingerprint density at radius 3 is 2.58 bits per heavy atom. The molecule has 0 unspecified atom stereocenters. The van der Waals surface area contributed by atoms with E-state index < -0.39 is 10.8 Å². The normalized spacial score (nSPS) is 10.6. The van der Waals surface area contributed by atoms with Crippen LogP contribution in [0.25, 0.3) is 5.82 Å². The topological polar surface area (TPSA) is 103 Å². The predicted molar refractivity (Wildman–Crippen MR) is 96.9 cm³/mol. The number of benzene rings is 1. The predicted octanol–water partition coefficient (Wildman–Crippen LogP) is 3.70. The first-order chi connectivity index (χ1) is 12.3. The van der Waals surface area contributed by atoms with Crippen molar-refractivity contribution in [3.05, 3.63) is 74.7 Å². The molecule has 0 fully saturated rings. The van der Waals surface area contributed by atoms with Gasteiger partial charge in [0.1, 0.15) is 5.02 Å². The highest BCUT2D eigenvalue weighted by Gasteiger charge is 2.16. The second-order valence-corrected chi connectivity index (χ2v) is 6.03. The van der Waals surface area contributed by atoms with Crippen molar-refractivity contribution >= 4 is 28.9 Å². The van der Waals surface area contributed by atoms with Crippen LogP contribution in [0.1, 0.15) is 21.7 Å². The van der Waals surface area contributed by atoms with E-state index in [4.69, 9.17) is 11.6 Å². The minimum Gasteiger partial charge on any atom is -0.321 e. The standard InChI is InChI=1S/C17H14ClN5O3/c1-10-7-11(2)22(21-10)16-6-4-13(9-19-16)20-17(24)12-3-5-14(18)15(8-12)23(25)26/h3-9H,1-2H3,(H,20,24). The molecule has 1 N–H and O–H groups in total. The van der Waals surface area contributed by atoms with Crippen molar-refractivity contribution in [3.63, 3.8) is 0 Å². The smallest absolute Gasteiger partial charge is 0.288 e. The van der Waals surface area contributed by atoms with Crippen LogP contribution < -0.4 is 5.32 Å². The van der Waals surface area contributed by atoms with E-state index in [-0.39, 0.29) is 16.3 Å². The molecular weight excluding hydrogens is 358 g/mol. The number of nitrogens with zero attached hydrogens (tertiary/aromatic N) is 4. The fourth-order valence-corrected chi connectivity index (χ4v) is 2.63. The molecule has 132 valence electrons. The van der Waals surface area contributed by atoms with Crippen LogP contribution in [-0.2, 0) is 0 Å². The summed E-state index contributed by atoms with van der Waals surface area (Å²) in [6.07, 6.45) is 1.49. The number of amides is 1. The van der Waals surface area contributed by atoms with E-state index in [9.17, 15) is 14.9 Å². The van der Waals surface area contributed by atoms with E-state index in [1.807, 2.05) is 19.9 Å². The monoisotopic (exact) mass is 371 g/mol. The molecule has 0 spiro atoms. The van der Waals surface area contributed by atoms with Gasteiger partial charge in [-0.3, -0.25) is 14.9 Å². The number of carbonyl (C=O) groups excluding carboxylic acids is 1. The molecule has 1 aromatic carbocycles. The highest BCUT2D eigenvalue weighted by molar-refractivity contribution is 6.32. The van der Waals surface area contributed by atoms with Gasteiger partial charge in [0.05, 0.1) is 22.5 Å². The van der Waals surface area contributed by atoms with Crippen molar-refractivity contribution in [2.75, 3.05) is 5.32 Å². The molecule has 3 rings (SSSR count). The number of halogens is 1. The minimum atomic E-state index is -0.635. The molecule has 0 aliphatic carbocycles. The summed E-state index contributed by atoms with van der Waals surface area (Å²) in [5.74, 6) is 0.126. The van der Waals surface area contributed by atoms with Gasteiger partial charge in [0.25, 0.3) is 11.6 Å². The van der Waals surface area contributed by atoms with Gasteiger partial charge in [-0.2, -0.15) is 5.10 Å². The Morgan fingerprint density at radius 1 is 1.23 bits per heavy atom. The molecule has 0 aliphatic rings. The van der Waals surface area contributed by atoms with E-state index in [0.29, 0.717) is 11.5 Å². The van der Waals surface area contributed by atoms with Crippen LogP contribution in [0, 0.1) is 24.0 Å². The maximum atomic E-state index is 12.3. The summed E-state index contributed by atoms with van der Waals surface area (Å²) < 4.78 is 1.70. The molecule has 0 bridgehead atoms. The van der Waals surface area contributed by atoms with E-state index in [1.165, 1.54) is 18.3 Å². The zero-order valence-electron chi connectivity index (χ0n) is 13.9. The quantitative estimate of drug-likeness (QED) is 0.556. The Labute approximate surface area is 153 Å². The molecule has 0 aliphatic heterocycles. The molecule has 3 aromatic rings. The van der Waals surface area contributed by atoms with Gasteiger partial charge in [-0.15, -0.1) is 0 Å². The van der Waals surface area contributed by atoms with Gasteiger partial charge in [-0.25, -0.2) is 9.67 Å². The highest BCUT2D eigenvalue weighted by Crippen LogP contribution is 2.25. The van der Waals surface area contributed by atoms with Crippen molar-refractivity contribution in [2.24, 2.45) is 0 Å². The Morgan fingerprint density at radius 2 is 2.00 bits per heavy atom. The average molecular weight is 372 g/mol. The number of hydrogen-bond acceptors (Lipinski definition) is 5. The van der Waals surface area contributed by atoms with Crippen LogP contribution in [0.3, 0.4) is 0 Å². The number of pyridine rings is 1. The Bertz CT molecular complexity index is 998. The zero-order chi connectivity index (χ0) is 18.8. The Kier molecular flexibility index (Phi) is 4.68. The Hall–Kier alpha value is -3.26. The molecule has 2 heterocycles. The lowest BCUT2D eigenvalue weighted by atomic mass is 10.2. The first kappa shape index (κ1) is 17.6.